The molecule has 0 radical (unpaired) electrons. The number of aliphatic imine (C=N–C) groups is 1. The highest BCUT2D eigenvalue weighted by atomic mass is 16.5. The van der Waals surface area contributed by atoms with E-state index in [0.717, 1.165) is 64.5 Å². The van der Waals surface area contributed by atoms with Gasteiger partial charge in [0.05, 0.1) is 12.1 Å². The smallest absolute Gasteiger partial charge is 0.194 e. The number of hydrogen-bond donors (Lipinski definition) is 1. The highest BCUT2D eigenvalue weighted by Crippen LogP contribution is 2.25. The zero-order valence-electron chi connectivity index (χ0n) is 16.7. The molecule has 5 nitrogen and oxygen atoms in total. The average molecular weight is 372 g/mol. The van der Waals surface area contributed by atoms with E-state index in [0.29, 0.717) is 6.54 Å². The first-order valence-electron chi connectivity index (χ1n) is 10.2. The molecule has 2 aliphatic heterocycles. The van der Waals surface area contributed by atoms with Crippen LogP contribution in [0.3, 0.4) is 0 Å². The summed E-state index contributed by atoms with van der Waals surface area (Å²) in [6.07, 6.45) is 6.33. The molecule has 0 saturated carbocycles. The van der Waals surface area contributed by atoms with E-state index in [1.807, 2.05) is 0 Å². The van der Waals surface area contributed by atoms with E-state index < -0.39 is 0 Å². The zero-order valence-corrected chi connectivity index (χ0v) is 16.7. The number of hydrogen-bond acceptors (Lipinski definition) is 3. The van der Waals surface area contributed by atoms with Crippen LogP contribution in [-0.2, 0) is 9.47 Å². The quantitative estimate of drug-likeness (QED) is 0.637. The highest BCUT2D eigenvalue weighted by Gasteiger charge is 2.32. The minimum Gasteiger partial charge on any atom is -0.381 e. The Morgan fingerprint density at radius 2 is 1.93 bits per heavy atom. The number of guanidine groups is 1. The van der Waals surface area contributed by atoms with Gasteiger partial charge in [-0.1, -0.05) is 42.0 Å². The molecule has 3 rings (SSSR count). The van der Waals surface area contributed by atoms with Crippen molar-refractivity contribution in [3.63, 3.8) is 0 Å². The van der Waals surface area contributed by atoms with Gasteiger partial charge in [0.2, 0.25) is 0 Å². The fraction of sp³-hybridized carbons (Fsp3) is 0.591. The van der Waals surface area contributed by atoms with Gasteiger partial charge >= 0.3 is 0 Å². The van der Waals surface area contributed by atoms with E-state index in [9.17, 15) is 0 Å². The lowest BCUT2D eigenvalue weighted by Crippen LogP contribution is -2.47. The van der Waals surface area contributed by atoms with E-state index in [4.69, 9.17) is 14.5 Å². The van der Waals surface area contributed by atoms with Gasteiger partial charge in [0.1, 0.15) is 0 Å². The van der Waals surface area contributed by atoms with Gasteiger partial charge in [0.25, 0.3) is 0 Å². The zero-order chi connectivity index (χ0) is 19.0. The molecule has 2 heterocycles. The minimum absolute atomic E-state index is 0.174. The van der Waals surface area contributed by atoms with Crippen LogP contribution < -0.4 is 5.32 Å². The van der Waals surface area contributed by atoms with Crippen molar-refractivity contribution in [2.45, 2.75) is 38.2 Å². The lowest BCUT2D eigenvalue weighted by Gasteiger charge is -2.36. The second-order valence-electron chi connectivity index (χ2n) is 7.37. The molecule has 0 aliphatic carbocycles. The van der Waals surface area contributed by atoms with Gasteiger partial charge in [-0.05, 0) is 25.3 Å². The first-order valence-corrected chi connectivity index (χ1v) is 10.2. The third-order valence-corrected chi connectivity index (χ3v) is 5.56. The molecule has 0 aromatic heterocycles. The molecule has 1 N–H and O–H groups in total. The van der Waals surface area contributed by atoms with Crippen molar-refractivity contribution in [2.24, 2.45) is 4.99 Å². The third-order valence-electron chi connectivity index (χ3n) is 5.56. The number of methoxy groups -OCH3 is 1. The predicted octanol–water partition coefficient (Wildman–Crippen LogP) is 3.33. The van der Waals surface area contributed by atoms with Crippen molar-refractivity contribution in [3.05, 3.63) is 41.5 Å². The Kier molecular flexibility index (Phi) is 7.30. The summed E-state index contributed by atoms with van der Waals surface area (Å²) in [5.74, 6) is 1.01. The number of ether oxygens (including phenoxy) is 2. The standard InChI is InChI=1S/C22H33N3O2/c1-3-23-21(24-18-22(26-2)11-15-27-16-12-22)25-13-9-20(10-14-25)17-19-7-5-4-6-8-19/h4-8,17H,3,9-16,18H2,1-2H3,(H,23,24). The maximum Gasteiger partial charge on any atom is 0.194 e. The van der Waals surface area contributed by atoms with Gasteiger partial charge in [0.15, 0.2) is 5.96 Å². The monoisotopic (exact) mass is 371 g/mol. The van der Waals surface area contributed by atoms with Crippen LogP contribution in [0.1, 0.15) is 38.2 Å². The molecule has 27 heavy (non-hydrogen) atoms. The Bertz CT molecular complexity index is 626. The Balaban J connectivity index is 1.61. The van der Waals surface area contributed by atoms with E-state index in [1.54, 1.807) is 7.11 Å². The second kappa shape index (κ2) is 9.90. The molecule has 5 heteroatoms. The van der Waals surface area contributed by atoms with Crippen molar-refractivity contribution >= 4 is 12.0 Å². The number of piperidine rings is 1. The Morgan fingerprint density at radius 1 is 1.22 bits per heavy atom. The molecule has 2 saturated heterocycles. The number of nitrogens with one attached hydrogen (secondary N) is 1. The van der Waals surface area contributed by atoms with Gasteiger partial charge in [0, 0.05) is 52.8 Å². The molecule has 0 unspecified atom stereocenters. The molecule has 2 fully saturated rings. The van der Waals surface area contributed by atoms with Crippen molar-refractivity contribution in [2.75, 3.05) is 46.5 Å². The van der Waals surface area contributed by atoms with Crippen LogP contribution in [0.2, 0.25) is 0 Å². The lowest BCUT2D eigenvalue weighted by molar-refractivity contribution is -0.0829. The van der Waals surface area contributed by atoms with Crippen molar-refractivity contribution in [1.29, 1.82) is 0 Å². The van der Waals surface area contributed by atoms with Gasteiger partial charge in [-0.15, -0.1) is 0 Å². The lowest BCUT2D eigenvalue weighted by atomic mass is 9.94. The Morgan fingerprint density at radius 3 is 2.56 bits per heavy atom. The summed E-state index contributed by atoms with van der Waals surface area (Å²) in [5.41, 5.74) is 2.64. The summed E-state index contributed by atoms with van der Waals surface area (Å²) in [5, 5.41) is 3.47. The van der Waals surface area contributed by atoms with Crippen LogP contribution in [-0.4, -0.2) is 63.0 Å². The number of nitrogens with zero attached hydrogens (tertiary/aromatic N) is 2. The molecule has 1 aromatic carbocycles. The topological polar surface area (TPSA) is 46.1 Å². The summed E-state index contributed by atoms with van der Waals surface area (Å²) in [6.45, 7) is 7.24. The summed E-state index contributed by atoms with van der Waals surface area (Å²) in [4.78, 5) is 7.33. The SMILES string of the molecule is CCNC(=NCC1(OC)CCOCC1)N1CCC(=Cc2ccccc2)CC1. The molecular weight excluding hydrogens is 338 g/mol. The van der Waals surface area contributed by atoms with E-state index in [-0.39, 0.29) is 5.60 Å². The van der Waals surface area contributed by atoms with Crippen molar-refractivity contribution < 1.29 is 9.47 Å². The van der Waals surface area contributed by atoms with Crippen LogP contribution in [0.25, 0.3) is 6.08 Å². The van der Waals surface area contributed by atoms with Crippen LogP contribution in [0, 0.1) is 0 Å². The van der Waals surface area contributed by atoms with Gasteiger partial charge in [-0.25, -0.2) is 0 Å². The molecule has 2 aliphatic rings. The molecule has 0 amide bonds. The highest BCUT2D eigenvalue weighted by molar-refractivity contribution is 5.80. The summed E-state index contributed by atoms with van der Waals surface area (Å²) in [7, 11) is 1.80. The van der Waals surface area contributed by atoms with Crippen LogP contribution in [0.15, 0.2) is 40.9 Å². The minimum atomic E-state index is -0.174. The molecule has 0 atom stereocenters. The normalized spacial score (nSPS) is 20.4. The predicted molar refractivity (Wildman–Crippen MR) is 111 cm³/mol. The third kappa shape index (κ3) is 5.56. The van der Waals surface area contributed by atoms with Crippen LogP contribution >= 0.6 is 0 Å². The Labute approximate surface area is 163 Å². The second-order valence-corrected chi connectivity index (χ2v) is 7.37. The first-order chi connectivity index (χ1) is 13.2. The summed E-state index contributed by atoms with van der Waals surface area (Å²) in [6, 6.07) is 10.6. The maximum absolute atomic E-state index is 5.84. The molecular formula is C22H33N3O2. The summed E-state index contributed by atoms with van der Waals surface area (Å²) < 4.78 is 11.3. The van der Waals surface area contributed by atoms with E-state index in [2.05, 4.69) is 53.5 Å². The Hall–Kier alpha value is -1.85. The van der Waals surface area contributed by atoms with Crippen LogP contribution in [0.5, 0.6) is 0 Å². The van der Waals surface area contributed by atoms with Gasteiger partial charge < -0.3 is 19.7 Å². The number of benzene rings is 1. The molecule has 0 spiro atoms. The van der Waals surface area contributed by atoms with Gasteiger partial charge in [-0.3, -0.25) is 4.99 Å². The average Bonchev–Trinajstić information content (AvgIpc) is 2.73. The van der Waals surface area contributed by atoms with Gasteiger partial charge in [-0.2, -0.15) is 0 Å². The molecule has 148 valence electrons. The van der Waals surface area contributed by atoms with Crippen LogP contribution in [0.4, 0.5) is 0 Å². The fourth-order valence-electron chi connectivity index (χ4n) is 3.75. The molecule has 1 aromatic rings. The van der Waals surface area contributed by atoms with E-state index >= 15 is 0 Å². The maximum atomic E-state index is 5.84. The number of rotatable bonds is 5. The fourth-order valence-corrected chi connectivity index (χ4v) is 3.75. The first kappa shape index (κ1) is 19.9. The molecule has 0 bridgehead atoms. The number of likely N-dealkylation sites (tertiary alicyclic amines) is 1. The summed E-state index contributed by atoms with van der Waals surface area (Å²) >= 11 is 0. The largest absolute Gasteiger partial charge is 0.381 e. The van der Waals surface area contributed by atoms with E-state index in [1.165, 1.54) is 11.1 Å². The van der Waals surface area contributed by atoms with Crippen molar-refractivity contribution in [3.8, 4) is 0 Å². The van der Waals surface area contributed by atoms with Crippen molar-refractivity contribution in [1.82, 2.24) is 10.2 Å².